The maximum absolute atomic E-state index is 10.1. The van der Waals surface area contributed by atoms with Gasteiger partial charge in [0.05, 0.1) is 6.61 Å². The monoisotopic (exact) mass is 341 g/mol. The number of hydrogen-bond acceptors (Lipinski definition) is 2. The van der Waals surface area contributed by atoms with E-state index in [1.165, 1.54) is 11.1 Å². The van der Waals surface area contributed by atoms with Crippen molar-refractivity contribution in [2.45, 2.75) is 71.6 Å². The SMILES string of the molecule is CCC(C)(C)c1ccc(OCCCN[C-]=O)c(C(C)(C)CC)c1.[Na+]. The zero-order valence-corrected chi connectivity index (χ0v) is 18.6. The topological polar surface area (TPSA) is 38.3 Å². The van der Waals surface area contributed by atoms with Crippen LogP contribution in [0.2, 0.25) is 0 Å². The maximum Gasteiger partial charge on any atom is 1.00 e. The van der Waals surface area contributed by atoms with E-state index in [1.54, 1.807) is 6.41 Å². The van der Waals surface area contributed by atoms with E-state index >= 15 is 0 Å². The second-order valence-electron chi connectivity index (χ2n) is 7.42. The number of ether oxygens (including phenoxy) is 1. The Kier molecular flexibility index (Phi) is 10.3. The van der Waals surface area contributed by atoms with Gasteiger partial charge >= 0.3 is 29.6 Å². The first kappa shape index (κ1) is 23.5. The van der Waals surface area contributed by atoms with E-state index in [0.29, 0.717) is 13.2 Å². The average Bonchev–Trinajstić information content (AvgIpc) is 2.54. The van der Waals surface area contributed by atoms with Crippen molar-refractivity contribution in [3.05, 3.63) is 29.3 Å². The smallest absolute Gasteiger partial charge is 0.530 e. The molecule has 0 saturated carbocycles. The number of nitrogens with one attached hydrogen (secondary N) is 1. The molecule has 1 aromatic carbocycles. The third-order valence-corrected chi connectivity index (χ3v) is 5.03. The first-order valence-corrected chi connectivity index (χ1v) is 8.66. The molecule has 0 fully saturated rings. The minimum atomic E-state index is 0. The van der Waals surface area contributed by atoms with Crippen molar-refractivity contribution in [3.8, 4) is 5.75 Å². The molecule has 1 rings (SSSR count). The van der Waals surface area contributed by atoms with Crippen LogP contribution in [0.5, 0.6) is 5.75 Å². The summed E-state index contributed by atoms with van der Waals surface area (Å²) >= 11 is 0. The normalized spacial score (nSPS) is 11.6. The third-order valence-electron chi connectivity index (χ3n) is 5.03. The molecule has 0 aromatic heterocycles. The first-order valence-electron chi connectivity index (χ1n) is 8.66. The van der Waals surface area contributed by atoms with E-state index in [4.69, 9.17) is 4.74 Å². The van der Waals surface area contributed by atoms with Crippen molar-refractivity contribution >= 4 is 6.41 Å². The van der Waals surface area contributed by atoms with Crippen molar-refractivity contribution in [3.63, 3.8) is 0 Å². The second kappa shape index (κ2) is 10.5. The van der Waals surface area contributed by atoms with Crippen molar-refractivity contribution in [1.82, 2.24) is 5.32 Å². The molecule has 130 valence electrons. The van der Waals surface area contributed by atoms with Gasteiger partial charge in [0.15, 0.2) is 0 Å². The van der Waals surface area contributed by atoms with Crippen LogP contribution in [0, 0.1) is 0 Å². The van der Waals surface area contributed by atoms with E-state index in [-0.39, 0.29) is 40.4 Å². The van der Waals surface area contributed by atoms with Gasteiger partial charge in [-0.15, -0.1) is 0 Å². The molecular formula is C20H32NNaO2. The summed E-state index contributed by atoms with van der Waals surface area (Å²) in [6.45, 7) is 14.7. The predicted octanol–water partition coefficient (Wildman–Crippen LogP) is 1.49. The van der Waals surface area contributed by atoms with Gasteiger partial charge in [-0.05, 0) is 48.3 Å². The Balaban J connectivity index is 0.00000529. The zero-order valence-electron chi connectivity index (χ0n) is 16.6. The summed E-state index contributed by atoms with van der Waals surface area (Å²) in [6.07, 6.45) is 4.63. The van der Waals surface area contributed by atoms with Gasteiger partial charge in [0.1, 0.15) is 5.75 Å². The number of rotatable bonds is 10. The largest absolute Gasteiger partial charge is 1.00 e. The number of hydrogen-bond donors (Lipinski definition) is 1. The Labute approximate surface area is 170 Å². The molecule has 4 heteroatoms. The first-order chi connectivity index (χ1) is 10.8. The Morgan fingerprint density at radius 1 is 1.08 bits per heavy atom. The van der Waals surface area contributed by atoms with Crippen LogP contribution in [0.15, 0.2) is 18.2 Å². The van der Waals surface area contributed by atoms with Crippen LogP contribution in [0.4, 0.5) is 0 Å². The van der Waals surface area contributed by atoms with Gasteiger partial charge in [-0.1, -0.05) is 53.7 Å². The molecule has 0 atom stereocenters. The molecule has 0 heterocycles. The number of carbonyl (C=O) groups excluding carboxylic acids is 1. The molecular weight excluding hydrogens is 309 g/mol. The van der Waals surface area contributed by atoms with Gasteiger partial charge in [0, 0.05) is 5.56 Å². The van der Waals surface area contributed by atoms with Gasteiger partial charge in [-0.25, -0.2) is 0 Å². The molecule has 0 spiro atoms. The van der Waals surface area contributed by atoms with E-state index in [9.17, 15) is 4.79 Å². The predicted molar refractivity (Wildman–Crippen MR) is 96.9 cm³/mol. The van der Waals surface area contributed by atoms with Crippen LogP contribution in [0.1, 0.15) is 71.9 Å². The molecule has 3 nitrogen and oxygen atoms in total. The summed E-state index contributed by atoms with van der Waals surface area (Å²) in [5.74, 6) is 0.961. The number of benzene rings is 1. The van der Waals surface area contributed by atoms with Gasteiger partial charge in [0.2, 0.25) is 0 Å². The fraction of sp³-hybridized carbons (Fsp3) is 0.650. The van der Waals surface area contributed by atoms with Gasteiger partial charge in [0.25, 0.3) is 0 Å². The standard InChI is InChI=1S/C20H32NO2.Na/c1-7-19(3,4)16-10-11-18(23-13-9-12-21-15-22)17(14-16)20(5,6)8-2;/h10-11,14H,7-9,12-13H2,1-6H3,(H,21,22);/q-1;+1. The van der Waals surface area contributed by atoms with Crippen LogP contribution in [0.25, 0.3) is 0 Å². The van der Waals surface area contributed by atoms with Crippen LogP contribution in [0.3, 0.4) is 0 Å². The number of amides is 1. The Morgan fingerprint density at radius 2 is 1.71 bits per heavy atom. The Hall–Kier alpha value is -0.510. The van der Waals surface area contributed by atoms with E-state index in [0.717, 1.165) is 25.0 Å². The molecule has 1 amide bonds. The summed E-state index contributed by atoms with van der Waals surface area (Å²) < 4.78 is 6.00. The van der Waals surface area contributed by atoms with Crippen LogP contribution in [-0.4, -0.2) is 19.6 Å². The molecule has 0 aliphatic carbocycles. The summed E-state index contributed by atoms with van der Waals surface area (Å²) in [6, 6.07) is 6.62. The van der Waals surface area contributed by atoms with E-state index in [1.807, 2.05) is 0 Å². The van der Waals surface area contributed by atoms with Crippen LogP contribution >= 0.6 is 0 Å². The summed E-state index contributed by atoms with van der Waals surface area (Å²) in [5.41, 5.74) is 2.88. The molecule has 0 unspecified atom stereocenters. The quantitative estimate of drug-likeness (QED) is 0.303. The fourth-order valence-corrected chi connectivity index (χ4v) is 2.39. The molecule has 0 radical (unpaired) electrons. The summed E-state index contributed by atoms with van der Waals surface area (Å²) in [4.78, 5) is 10.1. The van der Waals surface area contributed by atoms with Crippen molar-refractivity contribution in [2.75, 3.05) is 13.2 Å². The molecule has 0 aliphatic heterocycles. The van der Waals surface area contributed by atoms with E-state index < -0.39 is 0 Å². The van der Waals surface area contributed by atoms with Gasteiger partial charge in [-0.2, -0.15) is 6.41 Å². The fourth-order valence-electron chi connectivity index (χ4n) is 2.39. The average molecular weight is 341 g/mol. The van der Waals surface area contributed by atoms with E-state index in [2.05, 4.69) is 65.1 Å². The summed E-state index contributed by atoms with van der Waals surface area (Å²) in [5, 5.41) is 2.54. The molecule has 1 N–H and O–H groups in total. The molecule has 0 bridgehead atoms. The van der Waals surface area contributed by atoms with Gasteiger partial charge in [-0.3, -0.25) is 0 Å². The molecule has 0 aliphatic rings. The van der Waals surface area contributed by atoms with Crippen molar-refractivity contribution < 1.29 is 39.1 Å². The van der Waals surface area contributed by atoms with Crippen LogP contribution in [-0.2, 0) is 15.6 Å². The van der Waals surface area contributed by atoms with Crippen molar-refractivity contribution in [1.29, 1.82) is 0 Å². The van der Waals surface area contributed by atoms with Crippen molar-refractivity contribution in [2.24, 2.45) is 0 Å². The summed E-state index contributed by atoms with van der Waals surface area (Å²) in [7, 11) is 0. The minimum Gasteiger partial charge on any atom is -0.530 e. The Morgan fingerprint density at radius 3 is 2.25 bits per heavy atom. The molecule has 0 saturated heterocycles. The molecule has 1 aromatic rings. The third kappa shape index (κ3) is 6.42. The maximum atomic E-state index is 10.1. The van der Waals surface area contributed by atoms with Crippen LogP contribution < -0.4 is 39.6 Å². The Bertz CT molecular complexity index is 512. The molecule has 24 heavy (non-hydrogen) atoms. The minimum absolute atomic E-state index is 0. The second-order valence-corrected chi connectivity index (χ2v) is 7.42. The zero-order chi connectivity index (χ0) is 17.5. The van der Waals surface area contributed by atoms with Gasteiger partial charge < -0.3 is 14.8 Å².